The molecule has 0 radical (unpaired) electrons. The number of thioether (sulfide) groups is 1. The van der Waals surface area contributed by atoms with E-state index in [0.29, 0.717) is 12.3 Å². The van der Waals surface area contributed by atoms with Gasteiger partial charge in [-0.2, -0.15) is 11.8 Å². The first kappa shape index (κ1) is 17.3. The fourth-order valence-corrected chi connectivity index (χ4v) is 4.08. The zero-order valence-electron chi connectivity index (χ0n) is 11.8. The van der Waals surface area contributed by atoms with E-state index in [1.807, 2.05) is 0 Å². The molecule has 0 fully saturated rings. The summed E-state index contributed by atoms with van der Waals surface area (Å²) < 4.78 is 26.3. The number of aromatic nitrogens is 2. The molecule has 0 aliphatic heterocycles. The highest BCUT2D eigenvalue weighted by Crippen LogP contribution is 2.23. The molecule has 1 aromatic heterocycles. The second-order valence-electron chi connectivity index (χ2n) is 4.91. The van der Waals surface area contributed by atoms with Gasteiger partial charge in [-0.05, 0) is 0 Å². The van der Waals surface area contributed by atoms with Crippen molar-refractivity contribution in [3.05, 3.63) is 0 Å². The van der Waals surface area contributed by atoms with E-state index in [-0.39, 0.29) is 20.1 Å². The number of nitrogens with one attached hydrogen (secondary N) is 2. The third kappa shape index (κ3) is 6.16. The molecule has 0 unspecified atom stereocenters. The van der Waals surface area contributed by atoms with Crippen LogP contribution in [-0.4, -0.2) is 41.6 Å². The van der Waals surface area contributed by atoms with Crippen LogP contribution in [0.1, 0.15) is 27.7 Å². The van der Waals surface area contributed by atoms with E-state index in [0.717, 1.165) is 11.3 Å². The number of carbonyl (C=O) groups is 1. The molecular formula is C10H18N4O3S3. The minimum absolute atomic E-state index is 0.0900. The number of nitrogens with zero attached hydrogens (tertiary/aromatic N) is 2. The third-order valence-electron chi connectivity index (χ3n) is 1.85. The van der Waals surface area contributed by atoms with Crippen LogP contribution < -0.4 is 10.0 Å². The summed E-state index contributed by atoms with van der Waals surface area (Å²) in [5.74, 6) is 0.347. The molecule has 0 aliphatic carbocycles. The van der Waals surface area contributed by atoms with Crippen molar-refractivity contribution in [2.24, 2.45) is 0 Å². The standard InChI is InChI=1S/C10H18N4O3S3/c1-7(15)12-8-13-14-9(19-8)20(16,17)11-5-6-18-10(2,3)4/h11H,5-6H2,1-4H3,(H,12,13,15). The van der Waals surface area contributed by atoms with Crippen molar-refractivity contribution >= 4 is 44.2 Å². The van der Waals surface area contributed by atoms with Gasteiger partial charge >= 0.3 is 0 Å². The van der Waals surface area contributed by atoms with E-state index in [1.54, 1.807) is 11.8 Å². The molecule has 0 aliphatic rings. The summed E-state index contributed by atoms with van der Waals surface area (Å²) in [7, 11) is -3.66. The number of sulfonamides is 1. The molecule has 1 aromatic rings. The lowest BCUT2D eigenvalue weighted by atomic mass is 10.3. The van der Waals surface area contributed by atoms with Crippen molar-refractivity contribution in [1.82, 2.24) is 14.9 Å². The summed E-state index contributed by atoms with van der Waals surface area (Å²) in [6.07, 6.45) is 0. The largest absolute Gasteiger partial charge is 0.301 e. The fourth-order valence-electron chi connectivity index (χ4n) is 1.11. The van der Waals surface area contributed by atoms with Crippen LogP contribution in [0.25, 0.3) is 0 Å². The monoisotopic (exact) mass is 338 g/mol. The smallest absolute Gasteiger partial charge is 0.269 e. The number of anilines is 1. The molecule has 114 valence electrons. The Bertz CT molecular complexity index is 563. The van der Waals surface area contributed by atoms with Gasteiger partial charge in [-0.3, -0.25) is 4.79 Å². The molecule has 10 heteroatoms. The number of amides is 1. The number of rotatable bonds is 6. The van der Waals surface area contributed by atoms with E-state index in [1.165, 1.54) is 6.92 Å². The lowest BCUT2D eigenvalue weighted by molar-refractivity contribution is -0.114. The van der Waals surface area contributed by atoms with E-state index in [9.17, 15) is 13.2 Å². The molecule has 0 saturated carbocycles. The van der Waals surface area contributed by atoms with Gasteiger partial charge in [-0.25, -0.2) is 13.1 Å². The zero-order valence-corrected chi connectivity index (χ0v) is 14.2. The Morgan fingerprint density at radius 1 is 1.35 bits per heavy atom. The van der Waals surface area contributed by atoms with Crippen molar-refractivity contribution < 1.29 is 13.2 Å². The Kier molecular flexibility index (Phi) is 5.92. The molecule has 1 heterocycles. The predicted octanol–water partition coefficient (Wildman–Crippen LogP) is 1.31. The molecule has 0 atom stereocenters. The second kappa shape index (κ2) is 6.83. The van der Waals surface area contributed by atoms with E-state index in [4.69, 9.17) is 0 Å². The Morgan fingerprint density at radius 3 is 2.55 bits per heavy atom. The lowest BCUT2D eigenvalue weighted by Gasteiger charge is -2.17. The SMILES string of the molecule is CC(=O)Nc1nnc(S(=O)(=O)NCCSC(C)(C)C)s1. The van der Waals surface area contributed by atoms with Crippen LogP contribution in [-0.2, 0) is 14.8 Å². The summed E-state index contributed by atoms with van der Waals surface area (Å²) in [6, 6.07) is 0. The molecular weight excluding hydrogens is 320 g/mol. The summed E-state index contributed by atoms with van der Waals surface area (Å²) >= 11 is 2.49. The molecule has 20 heavy (non-hydrogen) atoms. The summed E-state index contributed by atoms with van der Waals surface area (Å²) in [4.78, 5) is 10.8. The summed E-state index contributed by atoms with van der Waals surface area (Å²) in [5, 5.41) is 9.73. The van der Waals surface area contributed by atoms with Crippen molar-refractivity contribution in [1.29, 1.82) is 0 Å². The molecule has 7 nitrogen and oxygen atoms in total. The maximum Gasteiger partial charge on any atom is 0.269 e. The highest BCUT2D eigenvalue weighted by Gasteiger charge is 2.20. The van der Waals surface area contributed by atoms with Crippen LogP contribution >= 0.6 is 23.1 Å². The molecule has 0 aromatic carbocycles. The first-order chi connectivity index (χ1) is 9.10. The second-order valence-corrected chi connectivity index (χ2v) is 9.75. The molecule has 1 amide bonds. The van der Waals surface area contributed by atoms with Crippen LogP contribution in [0.4, 0.5) is 5.13 Å². The Balaban J connectivity index is 2.56. The van der Waals surface area contributed by atoms with Gasteiger partial charge in [0.2, 0.25) is 15.4 Å². The number of hydrogen-bond donors (Lipinski definition) is 2. The van der Waals surface area contributed by atoms with Crippen molar-refractivity contribution in [3.8, 4) is 0 Å². The quantitative estimate of drug-likeness (QED) is 0.599. The number of carbonyl (C=O) groups excluding carboxylic acids is 1. The average molecular weight is 338 g/mol. The minimum atomic E-state index is -3.66. The Morgan fingerprint density at radius 2 is 2.00 bits per heavy atom. The maximum atomic E-state index is 11.9. The summed E-state index contributed by atoms with van der Waals surface area (Å²) in [5.41, 5.74) is 0. The van der Waals surface area contributed by atoms with Gasteiger partial charge in [0, 0.05) is 24.0 Å². The van der Waals surface area contributed by atoms with Crippen molar-refractivity contribution in [2.75, 3.05) is 17.6 Å². The molecule has 0 bridgehead atoms. The first-order valence-electron chi connectivity index (χ1n) is 5.85. The fraction of sp³-hybridized carbons (Fsp3) is 0.700. The van der Waals surface area contributed by atoms with Crippen LogP contribution in [0, 0.1) is 0 Å². The van der Waals surface area contributed by atoms with Crippen molar-refractivity contribution in [2.45, 2.75) is 36.8 Å². The third-order valence-corrected chi connectivity index (χ3v) is 5.79. The summed E-state index contributed by atoms with van der Waals surface area (Å²) in [6.45, 7) is 7.83. The van der Waals surface area contributed by atoms with Crippen LogP contribution in [0.5, 0.6) is 0 Å². The van der Waals surface area contributed by atoms with E-state index >= 15 is 0 Å². The molecule has 0 spiro atoms. The van der Waals surface area contributed by atoms with Gasteiger partial charge in [0.1, 0.15) is 0 Å². The Hall–Kier alpha value is -0.710. The first-order valence-corrected chi connectivity index (χ1v) is 9.13. The van der Waals surface area contributed by atoms with Crippen LogP contribution in [0.2, 0.25) is 0 Å². The van der Waals surface area contributed by atoms with Gasteiger partial charge in [-0.1, -0.05) is 32.1 Å². The van der Waals surface area contributed by atoms with Gasteiger partial charge in [0.15, 0.2) is 0 Å². The molecule has 1 rings (SSSR count). The van der Waals surface area contributed by atoms with Crippen molar-refractivity contribution in [3.63, 3.8) is 0 Å². The normalized spacial score (nSPS) is 12.4. The number of hydrogen-bond acceptors (Lipinski definition) is 7. The molecule has 2 N–H and O–H groups in total. The lowest BCUT2D eigenvalue weighted by Crippen LogP contribution is -2.27. The molecule has 0 saturated heterocycles. The van der Waals surface area contributed by atoms with Gasteiger partial charge in [0.05, 0.1) is 0 Å². The van der Waals surface area contributed by atoms with Gasteiger partial charge in [0.25, 0.3) is 10.0 Å². The van der Waals surface area contributed by atoms with E-state index < -0.39 is 10.0 Å². The highest BCUT2D eigenvalue weighted by molar-refractivity contribution is 8.00. The topological polar surface area (TPSA) is 101 Å². The van der Waals surface area contributed by atoms with Gasteiger partial charge < -0.3 is 5.32 Å². The maximum absolute atomic E-state index is 11.9. The van der Waals surface area contributed by atoms with Crippen LogP contribution in [0.3, 0.4) is 0 Å². The van der Waals surface area contributed by atoms with E-state index in [2.05, 4.69) is 41.0 Å². The zero-order chi connectivity index (χ0) is 15.4. The Labute approximate surface area is 127 Å². The van der Waals surface area contributed by atoms with Crippen LogP contribution in [0.15, 0.2) is 4.34 Å². The average Bonchev–Trinajstić information content (AvgIpc) is 2.71. The minimum Gasteiger partial charge on any atom is -0.301 e. The van der Waals surface area contributed by atoms with Gasteiger partial charge in [-0.15, -0.1) is 10.2 Å². The predicted molar refractivity (Wildman–Crippen MR) is 81.6 cm³/mol. The highest BCUT2D eigenvalue weighted by atomic mass is 32.2.